The molecular formula is C14H22FNO. The first-order chi connectivity index (χ1) is 8.17. The Hall–Kier alpha value is -0.930. The molecule has 1 aromatic rings. The third-order valence-electron chi connectivity index (χ3n) is 3.17. The molecular weight excluding hydrogens is 217 g/mol. The van der Waals surface area contributed by atoms with Crippen molar-refractivity contribution in [3.05, 3.63) is 35.1 Å². The van der Waals surface area contributed by atoms with Crippen molar-refractivity contribution in [3.63, 3.8) is 0 Å². The molecule has 1 atom stereocenters. The molecule has 0 aliphatic rings. The average molecular weight is 239 g/mol. The Balaban J connectivity index is 2.39. The van der Waals surface area contributed by atoms with E-state index < -0.39 is 0 Å². The zero-order chi connectivity index (χ0) is 12.7. The molecule has 1 rings (SSSR count). The highest BCUT2D eigenvalue weighted by Gasteiger charge is 2.05. The first kappa shape index (κ1) is 14.1. The molecule has 1 aromatic carbocycles. The first-order valence-corrected chi connectivity index (χ1v) is 6.24. The van der Waals surface area contributed by atoms with E-state index in [4.69, 9.17) is 5.11 Å². The van der Waals surface area contributed by atoms with Crippen LogP contribution in [0.15, 0.2) is 18.2 Å². The van der Waals surface area contributed by atoms with E-state index in [0.29, 0.717) is 5.92 Å². The minimum atomic E-state index is -0.182. The van der Waals surface area contributed by atoms with Crippen molar-refractivity contribution in [3.8, 4) is 0 Å². The maximum atomic E-state index is 12.9. The van der Waals surface area contributed by atoms with Crippen LogP contribution in [0.3, 0.4) is 0 Å². The lowest BCUT2D eigenvalue weighted by Gasteiger charge is -2.15. The number of halogens is 1. The predicted molar refractivity (Wildman–Crippen MR) is 68.3 cm³/mol. The molecule has 0 aliphatic carbocycles. The Kier molecular flexibility index (Phi) is 6.16. The standard InChI is InChI=1S/C14H22FNO/c1-3-12(6-7-17)9-16-10-13-4-5-14(15)8-11(13)2/h4-5,8,12,16-17H,3,6-7,9-10H2,1-2H3. The summed E-state index contributed by atoms with van der Waals surface area (Å²) in [5.74, 6) is 0.332. The molecule has 0 fully saturated rings. The van der Waals surface area contributed by atoms with Crippen LogP contribution in [-0.2, 0) is 6.54 Å². The molecule has 0 saturated heterocycles. The summed E-state index contributed by atoms with van der Waals surface area (Å²) in [5.41, 5.74) is 2.11. The second-order valence-corrected chi connectivity index (χ2v) is 4.49. The molecule has 0 heterocycles. The van der Waals surface area contributed by atoms with Crippen LogP contribution < -0.4 is 5.32 Å². The minimum Gasteiger partial charge on any atom is -0.396 e. The molecule has 96 valence electrons. The smallest absolute Gasteiger partial charge is 0.123 e. The van der Waals surface area contributed by atoms with Gasteiger partial charge < -0.3 is 10.4 Å². The zero-order valence-corrected chi connectivity index (χ0v) is 10.7. The van der Waals surface area contributed by atoms with Crippen LogP contribution in [0.4, 0.5) is 4.39 Å². The summed E-state index contributed by atoms with van der Waals surface area (Å²) in [6.07, 6.45) is 1.90. The molecule has 2 N–H and O–H groups in total. The van der Waals surface area contributed by atoms with Crippen LogP contribution in [0, 0.1) is 18.7 Å². The molecule has 1 unspecified atom stereocenters. The number of hydrogen-bond acceptors (Lipinski definition) is 2. The number of rotatable bonds is 7. The summed E-state index contributed by atoms with van der Waals surface area (Å²) in [7, 11) is 0. The molecule has 0 spiro atoms. The van der Waals surface area contributed by atoms with Gasteiger partial charge in [0, 0.05) is 13.2 Å². The van der Waals surface area contributed by atoms with Crippen LogP contribution in [0.1, 0.15) is 30.9 Å². The van der Waals surface area contributed by atoms with E-state index in [0.717, 1.165) is 37.1 Å². The summed E-state index contributed by atoms with van der Waals surface area (Å²) in [4.78, 5) is 0. The fourth-order valence-electron chi connectivity index (χ4n) is 1.90. The first-order valence-electron chi connectivity index (χ1n) is 6.24. The second-order valence-electron chi connectivity index (χ2n) is 4.49. The Bertz CT molecular complexity index is 341. The van der Waals surface area contributed by atoms with Crippen molar-refractivity contribution < 1.29 is 9.50 Å². The van der Waals surface area contributed by atoms with Gasteiger partial charge in [-0.25, -0.2) is 4.39 Å². The van der Waals surface area contributed by atoms with E-state index in [1.165, 1.54) is 6.07 Å². The summed E-state index contributed by atoms with van der Waals surface area (Å²) in [6.45, 7) is 5.95. The quantitative estimate of drug-likeness (QED) is 0.766. The molecule has 2 nitrogen and oxygen atoms in total. The highest BCUT2D eigenvalue weighted by atomic mass is 19.1. The monoisotopic (exact) mass is 239 g/mol. The number of benzene rings is 1. The van der Waals surface area contributed by atoms with Crippen LogP contribution in [-0.4, -0.2) is 18.3 Å². The number of aliphatic hydroxyl groups excluding tert-OH is 1. The van der Waals surface area contributed by atoms with Gasteiger partial charge in [0.1, 0.15) is 5.82 Å². The lowest BCUT2D eigenvalue weighted by Crippen LogP contribution is -2.23. The van der Waals surface area contributed by atoms with E-state index in [9.17, 15) is 4.39 Å². The highest BCUT2D eigenvalue weighted by molar-refractivity contribution is 5.26. The van der Waals surface area contributed by atoms with Gasteiger partial charge in [0.25, 0.3) is 0 Å². The van der Waals surface area contributed by atoms with Gasteiger partial charge >= 0.3 is 0 Å². The molecule has 3 heteroatoms. The number of aliphatic hydroxyl groups is 1. The van der Waals surface area contributed by atoms with Crippen LogP contribution in [0.2, 0.25) is 0 Å². The van der Waals surface area contributed by atoms with Gasteiger partial charge in [-0.2, -0.15) is 0 Å². The van der Waals surface area contributed by atoms with Crippen molar-refractivity contribution >= 4 is 0 Å². The molecule has 0 bridgehead atoms. The molecule has 0 radical (unpaired) electrons. The van der Waals surface area contributed by atoms with Crippen molar-refractivity contribution in [2.45, 2.75) is 33.2 Å². The highest BCUT2D eigenvalue weighted by Crippen LogP contribution is 2.11. The van der Waals surface area contributed by atoms with E-state index in [1.54, 1.807) is 6.07 Å². The van der Waals surface area contributed by atoms with Crippen LogP contribution in [0.5, 0.6) is 0 Å². The topological polar surface area (TPSA) is 32.3 Å². The summed E-state index contributed by atoms with van der Waals surface area (Å²) in [6, 6.07) is 4.88. The second kappa shape index (κ2) is 7.41. The fraction of sp³-hybridized carbons (Fsp3) is 0.571. The SMILES string of the molecule is CCC(CCO)CNCc1ccc(F)cc1C. The minimum absolute atomic E-state index is 0.182. The molecule has 0 aliphatic heterocycles. The van der Waals surface area contributed by atoms with Crippen molar-refractivity contribution in [2.24, 2.45) is 5.92 Å². The Labute approximate surface area is 103 Å². The maximum Gasteiger partial charge on any atom is 0.123 e. The zero-order valence-electron chi connectivity index (χ0n) is 10.7. The number of hydrogen-bond donors (Lipinski definition) is 2. The van der Waals surface area contributed by atoms with Gasteiger partial charge in [0.15, 0.2) is 0 Å². The van der Waals surface area contributed by atoms with Crippen molar-refractivity contribution in [1.82, 2.24) is 5.32 Å². The van der Waals surface area contributed by atoms with Gasteiger partial charge in [0.2, 0.25) is 0 Å². The number of aryl methyl sites for hydroxylation is 1. The van der Waals surface area contributed by atoms with E-state index >= 15 is 0 Å². The normalized spacial score (nSPS) is 12.7. The van der Waals surface area contributed by atoms with Crippen LogP contribution in [0.25, 0.3) is 0 Å². The van der Waals surface area contributed by atoms with Crippen molar-refractivity contribution in [2.75, 3.05) is 13.2 Å². The number of nitrogens with one attached hydrogen (secondary N) is 1. The Morgan fingerprint density at radius 1 is 1.41 bits per heavy atom. The summed E-state index contributed by atoms with van der Waals surface area (Å²) < 4.78 is 12.9. The van der Waals surface area contributed by atoms with Gasteiger partial charge in [-0.1, -0.05) is 19.4 Å². The van der Waals surface area contributed by atoms with Gasteiger partial charge in [-0.05, 0) is 49.1 Å². The van der Waals surface area contributed by atoms with E-state index in [-0.39, 0.29) is 12.4 Å². The van der Waals surface area contributed by atoms with Crippen LogP contribution >= 0.6 is 0 Å². The van der Waals surface area contributed by atoms with Gasteiger partial charge in [-0.15, -0.1) is 0 Å². The predicted octanol–water partition coefficient (Wildman–Crippen LogP) is 2.63. The Morgan fingerprint density at radius 3 is 2.76 bits per heavy atom. The third-order valence-corrected chi connectivity index (χ3v) is 3.17. The molecule has 17 heavy (non-hydrogen) atoms. The fourth-order valence-corrected chi connectivity index (χ4v) is 1.90. The third kappa shape index (κ3) is 4.84. The summed E-state index contributed by atoms with van der Waals surface area (Å²) >= 11 is 0. The van der Waals surface area contributed by atoms with Gasteiger partial charge in [0.05, 0.1) is 0 Å². The van der Waals surface area contributed by atoms with Crippen molar-refractivity contribution in [1.29, 1.82) is 0 Å². The van der Waals surface area contributed by atoms with Gasteiger partial charge in [-0.3, -0.25) is 0 Å². The Morgan fingerprint density at radius 2 is 2.18 bits per heavy atom. The maximum absolute atomic E-state index is 12.9. The largest absolute Gasteiger partial charge is 0.396 e. The average Bonchev–Trinajstić information content (AvgIpc) is 2.30. The van der Waals surface area contributed by atoms with E-state index in [2.05, 4.69) is 12.2 Å². The lowest BCUT2D eigenvalue weighted by atomic mass is 10.0. The molecule has 0 saturated carbocycles. The van der Waals surface area contributed by atoms with E-state index in [1.807, 2.05) is 13.0 Å². The summed E-state index contributed by atoms with van der Waals surface area (Å²) in [5, 5.41) is 12.3. The lowest BCUT2D eigenvalue weighted by molar-refractivity contribution is 0.251. The molecule has 0 amide bonds. The molecule has 0 aromatic heterocycles.